The van der Waals surface area contributed by atoms with Crippen molar-refractivity contribution in [3.63, 3.8) is 0 Å². The van der Waals surface area contributed by atoms with Crippen LogP contribution in [0, 0.1) is 19.7 Å². The molecule has 0 radical (unpaired) electrons. The third kappa shape index (κ3) is 4.59. The lowest BCUT2D eigenvalue weighted by Crippen LogP contribution is -2.10. The maximum atomic E-state index is 14.2. The minimum absolute atomic E-state index is 0.123. The van der Waals surface area contributed by atoms with Gasteiger partial charge in [0.2, 0.25) is 0 Å². The Labute approximate surface area is 188 Å². The highest BCUT2D eigenvalue weighted by Crippen LogP contribution is 2.28. The Morgan fingerprint density at radius 1 is 0.969 bits per heavy atom. The number of anilines is 3. The van der Waals surface area contributed by atoms with E-state index in [1.165, 1.54) is 11.6 Å². The normalized spacial score (nSPS) is 11.7. The van der Waals surface area contributed by atoms with E-state index in [1.807, 2.05) is 26.0 Å². The molecule has 0 atom stereocenters. The average molecular weight is 432 g/mol. The van der Waals surface area contributed by atoms with Crippen LogP contribution in [-0.2, 0) is 11.8 Å². The highest BCUT2D eigenvalue weighted by Gasteiger charge is 2.14. The molecular weight excluding hydrogens is 401 g/mol. The summed E-state index contributed by atoms with van der Waals surface area (Å²) in [5, 5.41) is 7.68. The number of aromatic amines is 1. The van der Waals surface area contributed by atoms with Crippen molar-refractivity contribution in [2.45, 2.75) is 46.5 Å². The van der Waals surface area contributed by atoms with Crippen LogP contribution in [0.1, 0.15) is 43.2 Å². The van der Waals surface area contributed by atoms with E-state index in [9.17, 15) is 4.39 Å². The third-order valence-electron chi connectivity index (χ3n) is 5.80. The van der Waals surface area contributed by atoms with Gasteiger partial charge in [-0.05, 0) is 60.6 Å². The lowest BCUT2D eigenvalue weighted by Gasteiger charge is -2.19. The monoisotopic (exact) mass is 431 g/mol. The van der Waals surface area contributed by atoms with Crippen LogP contribution in [0.2, 0.25) is 0 Å². The lowest BCUT2D eigenvalue weighted by atomic mass is 9.87. The van der Waals surface area contributed by atoms with Gasteiger partial charge < -0.3 is 15.6 Å². The highest BCUT2D eigenvalue weighted by molar-refractivity contribution is 5.88. The number of H-pyrrole nitrogens is 1. The molecular formula is C26H30FN5. The number of nitrogens with zero attached hydrogens (tertiary/aromatic N) is 2. The van der Waals surface area contributed by atoms with Crippen LogP contribution in [0.15, 0.2) is 48.8 Å². The Kier molecular flexibility index (Phi) is 5.87. The molecule has 0 saturated carbocycles. The van der Waals surface area contributed by atoms with E-state index in [1.54, 1.807) is 6.33 Å². The van der Waals surface area contributed by atoms with E-state index >= 15 is 0 Å². The number of nitrogens with one attached hydrogen (secondary N) is 3. The quantitative estimate of drug-likeness (QED) is 0.330. The topological polar surface area (TPSA) is 65.6 Å². The molecule has 0 bridgehead atoms. The molecule has 3 N–H and O–H groups in total. The Morgan fingerprint density at radius 2 is 1.69 bits per heavy atom. The number of halogens is 1. The fourth-order valence-electron chi connectivity index (χ4n) is 3.99. The van der Waals surface area contributed by atoms with Gasteiger partial charge in [-0.25, -0.2) is 14.4 Å². The number of rotatable bonds is 6. The summed E-state index contributed by atoms with van der Waals surface area (Å²) in [6.45, 7) is 11.3. The first-order valence-corrected chi connectivity index (χ1v) is 10.9. The van der Waals surface area contributed by atoms with Crippen LogP contribution in [-0.4, -0.2) is 21.5 Å². The van der Waals surface area contributed by atoms with E-state index in [2.05, 4.69) is 70.6 Å². The van der Waals surface area contributed by atoms with Crippen molar-refractivity contribution in [3.8, 4) is 0 Å². The summed E-state index contributed by atoms with van der Waals surface area (Å²) in [5.41, 5.74) is 6.19. The second kappa shape index (κ2) is 8.61. The molecule has 0 unspecified atom stereocenters. The van der Waals surface area contributed by atoms with Gasteiger partial charge in [0.15, 0.2) is 0 Å². The van der Waals surface area contributed by atoms with Gasteiger partial charge in [-0.1, -0.05) is 39.0 Å². The second-order valence-electron chi connectivity index (χ2n) is 9.26. The predicted octanol–water partition coefficient (Wildman–Crippen LogP) is 6.41. The molecule has 6 heteroatoms. The summed E-state index contributed by atoms with van der Waals surface area (Å²) in [7, 11) is 0. The van der Waals surface area contributed by atoms with Crippen molar-refractivity contribution in [1.29, 1.82) is 0 Å². The van der Waals surface area contributed by atoms with E-state index in [0.29, 0.717) is 12.1 Å². The second-order valence-corrected chi connectivity index (χ2v) is 9.26. The van der Waals surface area contributed by atoms with Gasteiger partial charge in [-0.2, -0.15) is 0 Å². The van der Waals surface area contributed by atoms with Crippen molar-refractivity contribution in [2.24, 2.45) is 0 Å². The van der Waals surface area contributed by atoms with Crippen LogP contribution in [0.5, 0.6) is 0 Å². The van der Waals surface area contributed by atoms with Gasteiger partial charge >= 0.3 is 0 Å². The SMILES string of the molecule is Cc1[nH]c2c(F)ccc(C)c2c1CCNc1cc(Nc2ccc(C(C)(C)C)cc2)ncn1. The van der Waals surface area contributed by atoms with Gasteiger partial charge in [-0.3, -0.25) is 0 Å². The summed E-state index contributed by atoms with van der Waals surface area (Å²) < 4.78 is 14.2. The Balaban J connectivity index is 1.43. The van der Waals surface area contributed by atoms with Crippen molar-refractivity contribution < 1.29 is 4.39 Å². The summed E-state index contributed by atoms with van der Waals surface area (Å²) in [4.78, 5) is 11.9. The third-order valence-corrected chi connectivity index (χ3v) is 5.80. The Bertz CT molecular complexity index is 1240. The average Bonchev–Trinajstić information content (AvgIpc) is 3.08. The molecule has 32 heavy (non-hydrogen) atoms. The molecule has 4 rings (SSSR count). The number of fused-ring (bicyclic) bond motifs is 1. The van der Waals surface area contributed by atoms with Crippen LogP contribution in [0.4, 0.5) is 21.7 Å². The maximum Gasteiger partial charge on any atom is 0.147 e. The smallest absolute Gasteiger partial charge is 0.147 e. The predicted molar refractivity (Wildman–Crippen MR) is 130 cm³/mol. The molecule has 0 fully saturated rings. The van der Waals surface area contributed by atoms with Gasteiger partial charge in [0.1, 0.15) is 23.8 Å². The van der Waals surface area contributed by atoms with Crippen LogP contribution in [0.3, 0.4) is 0 Å². The number of hydrogen-bond donors (Lipinski definition) is 3. The number of aryl methyl sites for hydroxylation is 2. The minimum Gasteiger partial charge on any atom is -0.370 e. The lowest BCUT2D eigenvalue weighted by molar-refractivity contribution is 0.590. The first-order valence-electron chi connectivity index (χ1n) is 10.9. The van der Waals surface area contributed by atoms with Crippen LogP contribution < -0.4 is 10.6 Å². The van der Waals surface area contributed by atoms with Crippen molar-refractivity contribution in [3.05, 3.63) is 77.0 Å². The largest absolute Gasteiger partial charge is 0.370 e. The minimum atomic E-state index is -0.213. The molecule has 0 saturated heterocycles. The van der Waals surface area contributed by atoms with Gasteiger partial charge in [0.05, 0.1) is 5.52 Å². The summed E-state index contributed by atoms with van der Waals surface area (Å²) in [6.07, 6.45) is 2.31. The summed E-state index contributed by atoms with van der Waals surface area (Å²) >= 11 is 0. The zero-order chi connectivity index (χ0) is 22.9. The molecule has 0 amide bonds. The Morgan fingerprint density at radius 3 is 2.41 bits per heavy atom. The zero-order valence-corrected chi connectivity index (χ0v) is 19.3. The molecule has 2 heterocycles. The summed E-state index contributed by atoms with van der Waals surface area (Å²) in [6, 6.07) is 13.6. The molecule has 2 aromatic heterocycles. The number of benzene rings is 2. The molecule has 2 aromatic carbocycles. The Hall–Kier alpha value is -3.41. The first-order chi connectivity index (χ1) is 15.2. The number of hydrogen-bond acceptors (Lipinski definition) is 4. The summed E-state index contributed by atoms with van der Waals surface area (Å²) in [5.74, 6) is 1.26. The van der Waals surface area contributed by atoms with Crippen LogP contribution in [0.25, 0.3) is 10.9 Å². The van der Waals surface area contributed by atoms with E-state index in [0.717, 1.165) is 46.0 Å². The van der Waals surface area contributed by atoms with Gasteiger partial charge in [-0.15, -0.1) is 0 Å². The molecule has 5 nitrogen and oxygen atoms in total. The van der Waals surface area contributed by atoms with Crippen molar-refractivity contribution in [1.82, 2.24) is 15.0 Å². The van der Waals surface area contributed by atoms with E-state index in [-0.39, 0.29) is 11.2 Å². The highest BCUT2D eigenvalue weighted by atomic mass is 19.1. The van der Waals surface area contributed by atoms with Gasteiger partial charge in [0.25, 0.3) is 0 Å². The molecule has 0 aliphatic carbocycles. The van der Waals surface area contributed by atoms with Crippen LogP contribution >= 0.6 is 0 Å². The standard InChI is InChI=1S/C26H30FN5/c1-16-6-11-21(27)25-24(16)20(17(2)31-25)12-13-28-22-14-23(30-15-29-22)32-19-9-7-18(8-10-19)26(3,4)5/h6-11,14-15,31H,12-13H2,1-5H3,(H2,28,29,30,32). The molecule has 0 aliphatic heterocycles. The fourth-order valence-corrected chi connectivity index (χ4v) is 3.99. The zero-order valence-electron chi connectivity index (χ0n) is 19.3. The van der Waals surface area contributed by atoms with Crippen molar-refractivity contribution in [2.75, 3.05) is 17.2 Å². The van der Waals surface area contributed by atoms with E-state index < -0.39 is 0 Å². The fraction of sp³-hybridized carbons (Fsp3) is 0.308. The molecule has 0 aliphatic rings. The maximum absolute atomic E-state index is 14.2. The molecule has 166 valence electrons. The number of aromatic nitrogens is 3. The molecule has 4 aromatic rings. The van der Waals surface area contributed by atoms with E-state index in [4.69, 9.17) is 0 Å². The first kappa shape index (κ1) is 21.8. The van der Waals surface area contributed by atoms with Crippen molar-refractivity contribution >= 4 is 28.2 Å². The van der Waals surface area contributed by atoms with Gasteiger partial charge in [0, 0.05) is 29.4 Å². The molecule has 0 spiro atoms.